The van der Waals surface area contributed by atoms with Crippen LogP contribution in [0, 0.1) is 11.3 Å². The van der Waals surface area contributed by atoms with Gasteiger partial charge in [-0.2, -0.15) is 5.26 Å². The van der Waals surface area contributed by atoms with Crippen LogP contribution < -0.4 is 10.6 Å². The van der Waals surface area contributed by atoms with Gasteiger partial charge in [-0.05, 0) is 12.1 Å². The number of carbonyl (C=O) groups is 2. The predicted octanol–water partition coefficient (Wildman–Crippen LogP) is 0.987. The first-order valence-corrected chi connectivity index (χ1v) is 6.08. The second-order valence-corrected chi connectivity index (χ2v) is 4.47. The minimum absolute atomic E-state index is 0.171. The second-order valence-electron chi connectivity index (χ2n) is 3.51. The number of para-hydroxylation sites is 1. The zero-order valence-electron chi connectivity index (χ0n) is 9.29. The number of nitrogens with zero attached hydrogens (tertiary/aromatic N) is 2. The Morgan fingerprint density at radius 3 is 2.61 bits per heavy atom. The summed E-state index contributed by atoms with van der Waals surface area (Å²) in [5, 5.41) is 9.25. The van der Waals surface area contributed by atoms with E-state index in [1.807, 2.05) is 6.07 Å². The number of hydrogen-bond acceptors (Lipinski definition) is 4. The average molecular weight is 259 g/mol. The van der Waals surface area contributed by atoms with E-state index < -0.39 is 5.91 Å². The number of benzene rings is 1. The molecule has 18 heavy (non-hydrogen) atoms. The van der Waals surface area contributed by atoms with Crippen LogP contribution in [-0.2, 0) is 9.59 Å². The maximum Gasteiger partial charge on any atom is 0.262 e. The zero-order chi connectivity index (χ0) is 13.1. The van der Waals surface area contributed by atoms with Gasteiger partial charge in [0.2, 0.25) is 5.91 Å². The number of nitriles is 1. The van der Waals surface area contributed by atoms with Crippen molar-refractivity contribution in [2.45, 2.75) is 0 Å². The van der Waals surface area contributed by atoms with Crippen LogP contribution >= 0.6 is 11.8 Å². The van der Waals surface area contributed by atoms with E-state index in [0.29, 0.717) is 10.7 Å². The van der Waals surface area contributed by atoms with Crippen molar-refractivity contribution >= 4 is 29.3 Å². The van der Waals surface area contributed by atoms with E-state index in [1.54, 1.807) is 30.3 Å². The average Bonchev–Trinajstić information content (AvgIpc) is 2.73. The topological polar surface area (TPSA) is 87.2 Å². The fourth-order valence-corrected chi connectivity index (χ4v) is 2.62. The number of thioether (sulfide) groups is 1. The van der Waals surface area contributed by atoms with Crippen LogP contribution in [0.2, 0.25) is 0 Å². The summed E-state index contributed by atoms with van der Waals surface area (Å²) < 4.78 is 0. The van der Waals surface area contributed by atoms with Gasteiger partial charge in [0.15, 0.2) is 0 Å². The minimum Gasteiger partial charge on any atom is -0.365 e. The first kappa shape index (κ1) is 12.2. The molecule has 1 fully saturated rings. The van der Waals surface area contributed by atoms with Crippen LogP contribution in [0.5, 0.6) is 0 Å². The third-order valence-electron chi connectivity index (χ3n) is 2.37. The lowest BCUT2D eigenvalue weighted by molar-refractivity contribution is -0.115. The lowest BCUT2D eigenvalue weighted by Gasteiger charge is -2.17. The van der Waals surface area contributed by atoms with Crippen LogP contribution in [0.15, 0.2) is 40.9 Å². The molecular weight excluding hydrogens is 250 g/mol. The Bertz CT molecular complexity index is 575. The van der Waals surface area contributed by atoms with Gasteiger partial charge in [-0.3, -0.25) is 14.5 Å². The van der Waals surface area contributed by atoms with E-state index in [1.165, 1.54) is 4.90 Å². The maximum absolute atomic E-state index is 11.8. The van der Waals surface area contributed by atoms with Gasteiger partial charge in [0.05, 0.1) is 5.75 Å². The van der Waals surface area contributed by atoms with E-state index >= 15 is 0 Å². The summed E-state index contributed by atoms with van der Waals surface area (Å²) in [5.74, 6) is -0.797. The molecule has 0 aromatic heterocycles. The van der Waals surface area contributed by atoms with Crippen molar-refractivity contribution in [3.8, 4) is 6.07 Å². The monoisotopic (exact) mass is 259 g/mol. The van der Waals surface area contributed by atoms with Gasteiger partial charge in [-0.25, -0.2) is 0 Å². The molecule has 1 heterocycles. The molecule has 1 aliphatic rings. The summed E-state index contributed by atoms with van der Waals surface area (Å²) in [4.78, 5) is 24.4. The van der Waals surface area contributed by atoms with Crippen molar-refractivity contribution in [1.29, 1.82) is 5.26 Å². The lowest BCUT2D eigenvalue weighted by atomic mass is 10.2. The largest absolute Gasteiger partial charge is 0.365 e. The smallest absolute Gasteiger partial charge is 0.262 e. The molecule has 1 aromatic rings. The number of anilines is 1. The van der Waals surface area contributed by atoms with E-state index in [9.17, 15) is 9.59 Å². The Kier molecular flexibility index (Phi) is 3.35. The highest BCUT2D eigenvalue weighted by atomic mass is 32.2. The third-order valence-corrected chi connectivity index (χ3v) is 3.42. The Labute approximate surface area is 108 Å². The third kappa shape index (κ3) is 2.08. The van der Waals surface area contributed by atoms with Crippen LogP contribution in [0.1, 0.15) is 0 Å². The summed E-state index contributed by atoms with van der Waals surface area (Å²) in [6.45, 7) is 0. The molecule has 2 N–H and O–H groups in total. The highest BCUT2D eigenvalue weighted by molar-refractivity contribution is 8.04. The molecule has 2 rings (SSSR count). The molecule has 0 atom stereocenters. The lowest BCUT2D eigenvalue weighted by Crippen LogP contribution is -2.26. The molecule has 1 aliphatic heterocycles. The number of hydrogen-bond donors (Lipinski definition) is 1. The van der Waals surface area contributed by atoms with Gasteiger partial charge in [-0.1, -0.05) is 30.0 Å². The van der Waals surface area contributed by atoms with Crippen molar-refractivity contribution < 1.29 is 9.59 Å². The molecule has 0 aliphatic carbocycles. The number of amides is 2. The first-order valence-electron chi connectivity index (χ1n) is 5.10. The van der Waals surface area contributed by atoms with Gasteiger partial charge < -0.3 is 5.73 Å². The van der Waals surface area contributed by atoms with Gasteiger partial charge in [-0.15, -0.1) is 0 Å². The number of primary amides is 1. The van der Waals surface area contributed by atoms with E-state index in [4.69, 9.17) is 11.0 Å². The van der Waals surface area contributed by atoms with E-state index in [0.717, 1.165) is 11.8 Å². The SMILES string of the molecule is N#C/C(C(N)=O)=C1/SCC(=O)N1c1ccccc1. The molecule has 1 aromatic carbocycles. The van der Waals surface area contributed by atoms with E-state index in [-0.39, 0.29) is 17.2 Å². The van der Waals surface area contributed by atoms with Crippen molar-refractivity contribution in [1.82, 2.24) is 0 Å². The molecule has 6 heteroatoms. The molecule has 0 spiro atoms. The highest BCUT2D eigenvalue weighted by Gasteiger charge is 2.32. The van der Waals surface area contributed by atoms with Crippen molar-refractivity contribution in [3.63, 3.8) is 0 Å². The molecule has 2 amide bonds. The molecule has 1 saturated heterocycles. The van der Waals surface area contributed by atoms with E-state index in [2.05, 4.69) is 0 Å². The Hall–Kier alpha value is -2.26. The number of carbonyl (C=O) groups excluding carboxylic acids is 2. The minimum atomic E-state index is -0.823. The molecule has 0 radical (unpaired) electrons. The second kappa shape index (κ2) is 4.94. The van der Waals surface area contributed by atoms with Crippen LogP contribution in [0.4, 0.5) is 5.69 Å². The predicted molar refractivity (Wildman–Crippen MR) is 68.2 cm³/mol. The highest BCUT2D eigenvalue weighted by Crippen LogP contribution is 2.35. The van der Waals surface area contributed by atoms with Crippen molar-refractivity contribution in [2.75, 3.05) is 10.7 Å². The van der Waals surface area contributed by atoms with Crippen LogP contribution in [0.25, 0.3) is 0 Å². The van der Waals surface area contributed by atoms with Gasteiger partial charge in [0, 0.05) is 5.69 Å². The summed E-state index contributed by atoms with van der Waals surface area (Å²) in [7, 11) is 0. The molecule has 0 saturated carbocycles. The van der Waals surface area contributed by atoms with Gasteiger partial charge in [0.1, 0.15) is 16.7 Å². The Morgan fingerprint density at radius 2 is 2.06 bits per heavy atom. The summed E-state index contributed by atoms with van der Waals surface area (Å²) in [6.07, 6.45) is 0. The Morgan fingerprint density at radius 1 is 1.39 bits per heavy atom. The van der Waals surface area contributed by atoms with Crippen LogP contribution in [0.3, 0.4) is 0 Å². The van der Waals surface area contributed by atoms with Crippen molar-refractivity contribution in [3.05, 3.63) is 40.9 Å². The molecule has 0 unspecified atom stereocenters. The maximum atomic E-state index is 11.8. The Balaban J connectivity index is 2.54. The quantitative estimate of drug-likeness (QED) is 0.633. The molecule has 0 bridgehead atoms. The molecule has 90 valence electrons. The van der Waals surface area contributed by atoms with Gasteiger partial charge in [0.25, 0.3) is 5.91 Å². The fourth-order valence-electron chi connectivity index (χ4n) is 1.60. The zero-order valence-corrected chi connectivity index (χ0v) is 10.1. The summed E-state index contributed by atoms with van der Waals surface area (Å²) >= 11 is 1.15. The fraction of sp³-hybridized carbons (Fsp3) is 0.0833. The first-order chi connectivity index (χ1) is 8.65. The van der Waals surface area contributed by atoms with Crippen LogP contribution in [-0.4, -0.2) is 17.6 Å². The standard InChI is InChI=1S/C12H9N3O2S/c13-6-9(11(14)17)12-15(10(16)7-18-12)8-4-2-1-3-5-8/h1-5H,7H2,(H2,14,17)/b12-9-. The normalized spacial score (nSPS) is 17.5. The number of rotatable bonds is 2. The number of nitrogens with two attached hydrogens (primary N) is 1. The van der Waals surface area contributed by atoms with Gasteiger partial charge >= 0.3 is 0 Å². The summed E-state index contributed by atoms with van der Waals surface area (Å²) in [5.41, 5.74) is 5.58. The summed E-state index contributed by atoms with van der Waals surface area (Å²) in [6, 6.07) is 10.6. The van der Waals surface area contributed by atoms with Crippen molar-refractivity contribution in [2.24, 2.45) is 5.73 Å². The molecular formula is C12H9N3O2S. The molecule has 5 nitrogen and oxygen atoms in total.